The third-order valence-electron chi connectivity index (χ3n) is 6.94. The molecule has 0 aliphatic heterocycles. The van der Waals surface area contributed by atoms with Crippen LogP contribution in [-0.4, -0.2) is 26.1 Å². The van der Waals surface area contributed by atoms with Crippen LogP contribution in [0.4, 0.5) is 11.4 Å². The highest BCUT2D eigenvalue weighted by molar-refractivity contribution is 6.01. The number of amides is 1. The fourth-order valence-corrected chi connectivity index (χ4v) is 5.06. The molecule has 3 rings (SSSR count). The van der Waals surface area contributed by atoms with Gasteiger partial charge in [0.25, 0.3) is 0 Å². The van der Waals surface area contributed by atoms with Crippen LogP contribution in [0.2, 0.25) is 0 Å². The van der Waals surface area contributed by atoms with Gasteiger partial charge in [-0.1, -0.05) is 36.4 Å². The molecule has 0 saturated carbocycles. The number of aryl methyl sites for hydroxylation is 4. The zero-order chi connectivity index (χ0) is 26.9. The standard InChI is InChI=1S/C32H42N2O2/c1-19-12-14-25(16-21(19)3)27-23(5)28(26-15-13-20(2)22(4)17-26)30(33-18-35)31(34(10)11)29(27)24(6)36-32(7,8)9/h12-18,24H,1-11H3,(H,33,35). The summed E-state index contributed by atoms with van der Waals surface area (Å²) < 4.78 is 6.56. The second-order valence-electron chi connectivity index (χ2n) is 11.1. The number of hydrogen-bond donors (Lipinski definition) is 1. The topological polar surface area (TPSA) is 41.6 Å². The predicted molar refractivity (Wildman–Crippen MR) is 154 cm³/mol. The number of nitrogens with zero attached hydrogens (tertiary/aromatic N) is 1. The minimum atomic E-state index is -0.331. The van der Waals surface area contributed by atoms with Crippen molar-refractivity contribution in [3.63, 3.8) is 0 Å². The van der Waals surface area contributed by atoms with Crippen molar-refractivity contribution in [3.8, 4) is 22.3 Å². The zero-order valence-electron chi connectivity index (χ0n) is 23.9. The van der Waals surface area contributed by atoms with E-state index in [2.05, 4.69) is 109 Å². The van der Waals surface area contributed by atoms with E-state index in [-0.39, 0.29) is 11.7 Å². The van der Waals surface area contributed by atoms with Crippen molar-refractivity contribution < 1.29 is 9.53 Å². The molecule has 0 aliphatic rings. The number of ether oxygens (including phenoxy) is 1. The first kappa shape index (κ1) is 27.5. The zero-order valence-corrected chi connectivity index (χ0v) is 23.9. The highest BCUT2D eigenvalue weighted by atomic mass is 16.5. The SMILES string of the molecule is Cc1ccc(-c2c(C)c(-c3ccc(C)c(C)c3)c(C(C)OC(C)(C)C)c(N(C)C)c2NC=O)cc1C. The summed E-state index contributed by atoms with van der Waals surface area (Å²) in [4.78, 5) is 14.0. The van der Waals surface area contributed by atoms with E-state index < -0.39 is 0 Å². The number of carbonyl (C=O) groups excluding carboxylic acids is 1. The molecule has 192 valence electrons. The lowest BCUT2D eigenvalue weighted by molar-refractivity contribution is -0.105. The Morgan fingerprint density at radius 3 is 1.75 bits per heavy atom. The van der Waals surface area contributed by atoms with Gasteiger partial charge in [-0.15, -0.1) is 0 Å². The summed E-state index contributed by atoms with van der Waals surface area (Å²) >= 11 is 0. The Morgan fingerprint density at radius 2 is 1.33 bits per heavy atom. The summed E-state index contributed by atoms with van der Waals surface area (Å²) in [6, 6.07) is 13.2. The minimum absolute atomic E-state index is 0.210. The largest absolute Gasteiger partial charge is 0.376 e. The number of rotatable bonds is 7. The maximum absolute atomic E-state index is 12.0. The van der Waals surface area contributed by atoms with Gasteiger partial charge in [0.05, 0.1) is 23.1 Å². The van der Waals surface area contributed by atoms with E-state index in [0.717, 1.165) is 51.2 Å². The molecular weight excluding hydrogens is 444 g/mol. The number of benzene rings is 3. The van der Waals surface area contributed by atoms with E-state index in [9.17, 15) is 4.79 Å². The van der Waals surface area contributed by atoms with Crippen molar-refractivity contribution >= 4 is 17.8 Å². The molecule has 0 spiro atoms. The summed E-state index contributed by atoms with van der Waals surface area (Å²) in [5.74, 6) is 0. The Morgan fingerprint density at radius 1 is 0.833 bits per heavy atom. The molecule has 0 radical (unpaired) electrons. The molecule has 1 amide bonds. The Bertz CT molecular complexity index is 1280. The number of hydrogen-bond acceptors (Lipinski definition) is 3. The van der Waals surface area contributed by atoms with Crippen molar-refractivity contribution in [3.05, 3.63) is 69.8 Å². The average Bonchev–Trinajstić information content (AvgIpc) is 2.76. The van der Waals surface area contributed by atoms with Crippen LogP contribution in [0.25, 0.3) is 22.3 Å². The summed E-state index contributed by atoms with van der Waals surface area (Å²) in [5.41, 5.74) is 13.0. The van der Waals surface area contributed by atoms with Crippen LogP contribution in [-0.2, 0) is 9.53 Å². The highest BCUT2D eigenvalue weighted by Crippen LogP contribution is 2.50. The van der Waals surface area contributed by atoms with E-state index in [4.69, 9.17) is 4.74 Å². The van der Waals surface area contributed by atoms with Gasteiger partial charge in [0.2, 0.25) is 6.41 Å². The van der Waals surface area contributed by atoms with E-state index in [1.807, 2.05) is 14.1 Å². The first-order chi connectivity index (χ1) is 16.8. The van der Waals surface area contributed by atoms with Crippen LogP contribution < -0.4 is 10.2 Å². The first-order valence-corrected chi connectivity index (χ1v) is 12.7. The maximum Gasteiger partial charge on any atom is 0.211 e. The Hall–Kier alpha value is -3.11. The number of carbonyl (C=O) groups is 1. The maximum atomic E-state index is 12.0. The van der Waals surface area contributed by atoms with Gasteiger partial charge in [0, 0.05) is 25.2 Å². The molecule has 0 bridgehead atoms. The predicted octanol–water partition coefficient (Wildman–Crippen LogP) is 8.07. The fourth-order valence-electron chi connectivity index (χ4n) is 5.06. The van der Waals surface area contributed by atoms with Crippen LogP contribution in [0.3, 0.4) is 0 Å². The van der Waals surface area contributed by atoms with Gasteiger partial charge >= 0.3 is 0 Å². The Labute approximate surface area is 217 Å². The van der Waals surface area contributed by atoms with Crippen molar-refractivity contribution in [2.45, 2.75) is 74.0 Å². The van der Waals surface area contributed by atoms with Gasteiger partial charge in [0.1, 0.15) is 0 Å². The monoisotopic (exact) mass is 486 g/mol. The lowest BCUT2D eigenvalue weighted by atomic mass is 9.83. The summed E-state index contributed by atoms with van der Waals surface area (Å²) in [5, 5.41) is 3.08. The molecule has 0 heterocycles. The lowest BCUT2D eigenvalue weighted by Gasteiger charge is -2.34. The quantitative estimate of drug-likeness (QED) is 0.343. The second kappa shape index (κ2) is 10.5. The van der Waals surface area contributed by atoms with Gasteiger partial charge in [-0.3, -0.25) is 4.79 Å². The molecule has 0 saturated heterocycles. The van der Waals surface area contributed by atoms with Crippen LogP contribution in [0, 0.1) is 34.6 Å². The molecule has 4 nitrogen and oxygen atoms in total. The molecule has 3 aromatic carbocycles. The molecule has 1 atom stereocenters. The van der Waals surface area contributed by atoms with Crippen LogP contribution in [0.1, 0.15) is 67.2 Å². The lowest BCUT2D eigenvalue weighted by Crippen LogP contribution is -2.24. The number of nitrogens with one attached hydrogen (secondary N) is 1. The van der Waals surface area contributed by atoms with Crippen molar-refractivity contribution in [1.82, 2.24) is 0 Å². The van der Waals surface area contributed by atoms with Crippen LogP contribution in [0.15, 0.2) is 36.4 Å². The van der Waals surface area contributed by atoms with Gasteiger partial charge < -0.3 is 15.0 Å². The molecule has 0 aromatic heterocycles. The molecule has 4 heteroatoms. The van der Waals surface area contributed by atoms with Crippen molar-refractivity contribution in [2.75, 3.05) is 24.3 Å². The summed E-state index contributed by atoms with van der Waals surface area (Å²) in [6.07, 6.45) is 0.569. The van der Waals surface area contributed by atoms with E-state index >= 15 is 0 Å². The van der Waals surface area contributed by atoms with Crippen LogP contribution in [0.5, 0.6) is 0 Å². The van der Waals surface area contributed by atoms with Gasteiger partial charge in [-0.2, -0.15) is 0 Å². The first-order valence-electron chi connectivity index (χ1n) is 12.7. The van der Waals surface area contributed by atoms with E-state index in [1.54, 1.807) is 0 Å². The van der Waals surface area contributed by atoms with Gasteiger partial charge in [-0.25, -0.2) is 0 Å². The molecule has 1 unspecified atom stereocenters. The average molecular weight is 487 g/mol. The van der Waals surface area contributed by atoms with Gasteiger partial charge in [-0.05, 0) is 107 Å². The minimum Gasteiger partial charge on any atom is -0.376 e. The summed E-state index contributed by atoms with van der Waals surface area (Å²) in [6.45, 7) is 19.1. The molecular formula is C32H42N2O2. The van der Waals surface area contributed by atoms with E-state index in [1.165, 1.54) is 22.3 Å². The smallest absolute Gasteiger partial charge is 0.211 e. The third-order valence-corrected chi connectivity index (χ3v) is 6.94. The van der Waals surface area contributed by atoms with E-state index in [0.29, 0.717) is 0 Å². The van der Waals surface area contributed by atoms with Crippen molar-refractivity contribution in [2.24, 2.45) is 0 Å². The van der Waals surface area contributed by atoms with Gasteiger partial charge in [0.15, 0.2) is 0 Å². The molecule has 3 aromatic rings. The molecule has 36 heavy (non-hydrogen) atoms. The van der Waals surface area contributed by atoms with Crippen LogP contribution >= 0.6 is 0 Å². The Kier molecular flexibility index (Phi) is 8.00. The summed E-state index contributed by atoms with van der Waals surface area (Å²) in [7, 11) is 4.06. The fraction of sp³-hybridized carbons (Fsp3) is 0.406. The second-order valence-corrected chi connectivity index (χ2v) is 11.1. The molecule has 0 fully saturated rings. The molecule has 1 N–H and O–H groups in total. The van der Waals surface area contributed by atoms with Crippen molar-refractivity contribution in [1.29, 1.82) is 0 Å². The molecule has 0 aliphatic carbocycles. The Balaban J connectivity index is 2.56. The third kappa shape index (κ3) is 5.49. The highest BCUT2D eigenvalue weighted by Gasteiger charge is 2.30. The number of anilines is 2. The normalized spacial score (nSPS) is 12.4.